The fourth-order valence-electron chi connectivity index (χ4n) is 1.85. The molecule has 1 rings (SSSR count). The maximum absolute atomic E-state index is 8.48. The van der Waals surface area contributed by atoms with Gasteiger partial charge in [-0.2, -0.15) is 5.26 Å². The summed E-state index contributed by atoms with van der Waals surface area (Å²) in [4.78, 5) is 2.34. The lowest BCUT2D eigenvalue weighted by molar-refractivity contribution is 0.0527. The zero-order chi connectivity index (χ0) is 10.9. The van der Waals surface area contributed by atoms with Gasteiger partial charge in [-0.1, -0.05) is 0 Å². The highest BCUT2D eigenvalue weighted by Gasteiger charge is 2.21. The van der Waals surface area contributed by atoms with Gasteiger partial charge in [-0.3, -0.25) is 0 Å². The lowest BCUT2D eigenvalue weighted by atomic mass is 10.1. The first-order valence-corrected chi connectivity index (χ1v) is 5.52. The molecule has 0 spiro atoms. The van der Waals surface area contributed by atoms with E-state index >= 15 is 0 Å². The molecule has 15 heavy (non-hydrogen) atoms. The average molecular weight is 212 g/mol. The van der Waals surface area contributed by atoms with Crippen molar-refractivity contribution in [2.24, 2.45) is 5.92 Å². The number of nitrogens with zero attached hydrogens (tertiary/aromatic N) is 2. The van der Waals surface area contributed by atoms with Crippen molar-refractivity contribution in [2.45, 2.75) is 12.8 Å². The van der Waals surface area contributed by atoms with Crippen molar-refractivity contribution in [1.82, 2.24) is 4.90 Å². The predicted octanol–water partition coefficient (Wildman–Crippen LogP) is 0.885. The molecule has 1 fully saturated rings. The van der Waals surface area contributed by atoms with Crippen LogP contribution in [0.3, 0.4) is 0 Å². The summed E-state index contributed by atoms with van der Waals surface area (Å²) in [5, 5.41) is 8.48. The Morgan fingerprint density at radius 3 is 3.07 bits per heavy atom. The van der Waals surface area contributed by atoms with Crippen LogP contribution in [0.5, 0.6) is 0 Å². The summed E-state index contributed by atoms with van der Waals surface area (Å²) in [6, 6.07) is 2.18. The van der Waals surface area contributed by atoms with Gasteiger partial charge in [0.1, 0.15) is 0 Å². The van der Waals surface area contributed by atoms with E-state index in [1.54, 1.807) is 7.11 Å². The van der Waals surface area contributed by atoms with Gasteiger partial charge in [-0.25, -0.2) is 0 Å². The zero-order valence-corrected chi connectivity index (χ0v) is 9.45. The second-order valence-corrected chi connectivity index (χ2v) is 3.93. The van der Waals surface area contributed by atoms with Crippen LogP contribution in [0.25, 0.3) is 0 Å². The first-order valence-electron chi connectivity index (χ1n) is 5.52. The van der Waals surface area contributed by atoms with Crippen molar-refractivity contribution in [3.63, 3.8) is 0 Å². The minimum absolute atomic E-state index is 0.636. The second-order valence-electron chi connectivity index (χ2n) is 3.93. The fraction of sp³-hybridized carbons (Fsp3) is 0.909. The van der Waals surface area contributed by atoms with Crippen molar-refractivity contribution < 1.29 is 9.47 Å². The van der Waals surface area contributed by atoms with Crippen molar-refractivity contribution in [2.75, 3.05) is 46.6 Å². The molecule has 0 radical (unpaired) electrons. The van der Waals surface area contributed by atoms with Gasteiger partial charge in [-0.05, 0) is 18.9 Å². The van der Waals surface area contributed by atoms with Crippen LogP contribution < -0.4 is 0 Å². The van der Waals surface area contributed by atoms with E-state index in [2.05, 4.69) is 11.0 Å². The van der Waals surface area contributed by atoms with Crippen LogP contribution in [0, 0.1) is 17.2 Å². The van der Waals surface area contributed by atoms with Crippen LogP contribution in [0.1, 0.15) is 12.8 Å². The molecule has 4 heteroatoms. The van der Waals surface area contributed by atoms with E-state index in [0.29, 0.717) is 25.6 Å². The monoisotopic (exact) mass is 212 g/mol. The summed E-state index contributed by atoms with van der Waals surface area (Å²) in [6.07, 6.45) is 1.83. The molecule has 0 aromatic carbocycles. The molecule has 1 heterocycles. The van der Waals surface area contributed by atoms with Gasteiger partial charge >= 0.3 is 0 Å². The first kappa shape index (κ1) is 12.4. The second kappa shape index (κ2) is 7.63. The van der Waals surface area contributed by atoms with E-state index in [9.17, 15) is 0 Å². The highest BCUT2D eigenvalue weighted by atomic mass is 16.5. The Morgan fingerprint density at radius 1 is 1.47 bits per heavy atom. The number of nitriles is 1. The highest BCUT2D eigenvalue weighted by molar-refractivity contribution is 4.79. The van der Waals surface area contributed by atoms with Gasteiger partial charge in [0.15, 0.2) is 0 Å². The minimum Gasteiger partial charge on any atom is -0.382 e. The van der Waals surface area contributed by atoms with Crippen LogP contribution in [0.15, 0.2) is 0 Å². The van der Waals surface area contributed by atoms with Gasteiger partial charge in [0, 0.05) is 26.6 Å². The molecule has 1 aliphatic rings. The Labute approximate surface area is 91.8 Å². The molecule has 86 valence electrons. The molecule has 0 aliphatic carbocycles. The Morgan fingerprint density at radius 2 is 2.33 bits per heavy atom. The summed E-state index contributed by atoms with van der Waals surface area (Å²) in [6.45, 7) is 5.28. The van der Waals surface area contributed by atoms with E-state index < -0.39 is 0 Å². The summed E-state index contributed by atoms with van der Waals surface area (Å²) in [5.74, 6) is 0.639. The summed E-state index contributed by atoms with van der Waals surface area (Å²) >= 11 is 0. The van der Waals surface area contributed by atoms with E-state index in [0.717, 1.165) is 26.2 Å². The third kappa shape index (κ3) is 5.12. The Bertz CT molecular complexity index is 203. The van der Waals surface area contributed by atoms with E-state index in [1.165, 1.54) is 6.42 Å². The number of likely N-dealkylation sites (tertiary alicyclic amines) is 1. The summed E-state index contributed by atoms with van der Waals surface area (Å²) < 4.78 is 10.4. The van der Waals surface area contributed by atoms with E-state index in [-0.39, 0.29) is 0 Å². The summed E-state index contributed by atoms with van der Waals surface area (Å²) in [7, 11) is 1.68. The zero-order valence-electron chi connectivity index (χ0n) is 9.45. The van der Waals surface area contributed by atoms with Crippen molar-refractivity contribution in [1.29, 1.82) is 5.26 Å². The first-order chi connectivity index (χ1) is 7.36. The van der Waals surface area contributed by atoms with Gasteiger partial charge in [0.25, 0.3) is 0 Å². The van der Waals surface area contributed by atoms with Crippen molar-refractivity contribution in [3.05, 3.63) is 0 Å². The lowest BCUT2D eigenvalue weighted by Gasteiger charge is -2.14. The number of methoxy groups -OCH3 is 1. The molecular formula is C11H20N2O2. The van der Waals surface area contributed by atoms with Gasteiger partial charge in [0.2, 0.25) is 0 Å². The predicted molar refractivity (Wildman–Crippen MR) is 57.5 cm³/mol. The average Bonchev–Trinajstić information content (AvgIpc) is 2.69. The number of hydrogen-bond donors (Lipinski definition) is 0. The fourth-order valence-corrected chi connectivity index (χ4v) is 1.85. The lowest BCUT2D eigenvalue weighted by Crippen LogP contribution is -2.23. The number of rotatable bonds is 7. The molecular weight excluding hydrogens is 192 g/mol. The molecule has 0 amide bonds. The van der Waals surface area contributed by atoms with Gasteiger partial charge in [0.05, 0.1) is 25.9 Å². The van der Waals surface area contributed by atoms with Crippen LogP contribution in [0.2, 0.25) is 0 Å². The molecule has 0 saturated carbocycles. The molecule has 4 nitrogen and oxygen atoms in total. The largest absolute Gasteiger partial charge is 0.382 e. The molecule has 1 atom stereocenters. The van der Waals surface area contributed by atoms with Gasteiger partial charge in [-0.15, -0.1) is 0 Å². The van der Waals surface area contributed by atoms with Gasteiger partial charge < -0.3 is 14.4 Å². The van der Waals surface area contributed by atoms with Crippen LogP contribution in [-0.4, -0.2) is 51.5 Å². The molecule has 1 aliphatic heterocycles. The van der Waals surface area contributed by atoms with E-state index in [4.69, 9.17) is 14.7 Å². The highest BCUT2D eigenvalue weighted by Crippen LogP contribution is 2.16. The Kier molecular flexibility index (Phi) is 6.33. The normalized spacial score (nSPS) is 21.7. The molecule has 0 bridgehead atoms. The SMILES string of the molecule is COCCOC[C@@H]1CCN(CCC#N)C1. The van der Waals surface area contributed by atoms with Crippen LogP contribution in [-0.2, 0) is 9.47 Å². The van der Waals surface area contributed by atoms with Crippen molar-refractivity contribution in [3.8, 4) is 6.07 Å². The molecule has 0 aromatic rings. The Balaban J connectivity index is 2.01. The van der Waals surface area contributed by atoms with Crippen molar-refractivity contribution >= 4 is 0 Å². The third-order valence-corrected chi connectivity index (χ3v) is 2.70. The smallest absolute Gasteiger partial charge is 0.0700 e. The maximum Gasteiger partial charge on any atom is 0.0700 e. The third-order valence-electron chi connectivity index (χ3n) is 2.70. The van der Waals surface area contributed by atoms with E-state index in [1.807, 2.05) is 0 Å². The van der Waals surface area contributed by atoms with Crippen LogP contribution in [0.4, 0.5) is 0 Å². The molecule has 0 N–H and O–H groups in total. The minimum atomic E-state index is 0.636. The summed E-state index contributed by atoms with van der Waals surface area (Å²) in [5.41, 5.74) is 0. The maximum atomic E-state index is 8.48. The quantitative estimate of drug-likeness (QED) is 0.588. The number of hydrogen-bond acceptors (Lipinski definition) is 4. The van der Waals surface area contributed by atoms with Crippen LogP contribution >= 0.6 is 0 Å². The molecule has 0 aromatic heterocycles. The Hall–Kier alpha value is -0.630. The number of ether oxygens (including phenoxy) is 2. The molecule has 0 unspecified atom stereocenters. The standard InChI is InChI=1S/C11H20N2O2/c1-14-7-8-15-10-11-3-6-13(9-11)5-2-4-12/h11H,2-3,5-10H2,1H3/t11-/m1/s1. The topological polar surface area (TPSA) is 45.5 Å². The molecule has 1 saturated heterocycles.